The second kappa shape index (κ2) is 5.57. The second-order valence-corrected chi connectivity index (χ2v) is 6.69. The average molecular weight is 305 g/mol. The molecule has 0 saturated carbocycles. The zero-order valence-corrected chi connectivity index (χ0v) is 12.5. The molecular formula is C15H15NO4S. The summed E-state index contributed by atoms with van der Waals surface area (Å²) in [6, 6.07) is 13.0. The van der Waals surface area contributed by atoms with E-state index in [0.717, 1.165) is 17.6 Å². The summed E-state index contributed by atoms with van der Waals surface area (Å²) in [5, 5.41) is 8.87. The van der Waals surface area contributed by atoms with Crippen LogP contribution in [0.15, 0.2) is 53.4 Å². The predicted molar refractivity (Wildman–Crippen MR) is 81.0 cm³/mol. The lowest BCUT2D eigenvalue weighted by molar-refractivity contribution is 0.0697. The van der Waals surface area contributed by atoms with Crippen molar-refractivity contribution in [3.05, 3.63) is 54.1 Å². The number of carboxylic acid groups (broad SMARTS) is 1. The number of benzene rings is 2. The first kappa shape index (κ1) is 15.1. The number of hydrogen-bond donors (Lipinski definition) is 1. The van der Waals surface area contributed by atoms with Crippen molar-refractivity contribution in [1.82, 2.24) is 0 Å². The fourth-order valence-corrected chi connectivity index (χ4v) is 2.52. The maximum absolute atomic E-state index is 11.4. The standard InChI is InChI=1S/C15H15NO4S/c1-16(12-5-3-11(4-6-12)15(17)18)13-7-9-14(10-8-13)21(2,19)20/h3-10H,1-2H3,(H,17,18). The molecule has 0 spiro atoms. The number of rotatable bonds is 4. The normalized spacial score (nSPS) is 11.1. The van der Waals surface area contributed by atoms with E-state index in [1.165, 1.54) is 12.1 Å². The Morgan fingerprint density at radius 3 is 1.76 bits per heavy atom. The molecule has 0 radical (unpaired) electrons. The van der Waals surface area contributed by atoms with E-state index in [9.17, 15) is 13.2 Å². The summed E-state index contributed by atoms with van der Waals surface area (Å²) in [6.07, 6.45) is 1.16. The van der Waals surface area contributed by atoms with Gasteiger partial charge in [0.25, 0.3) is 0 Å². The Morgan fingerprint density at radius 2 is 1.38 bits per heavy atom. The summed E-state index contributed by atoms with van der Waals surface area (Å²) >= 11 is 0. The minimum Gasteiger partial charge on any atom is -0.478 e. The molecule has 0 amide bonds. The number of hydrogen-bond acceptors (Lipinski definition) is 4. The molecule has 6 heteroatoms. The lowest BCUT2D eigenvalue weighted by Gasteiger charge is -2.19. The number of sulfone groups is 1. The maximum atomic E-state index is 11.4. The van der Waals surface area contributed by atoms with Crippen LogP contribution in [0, 0.1) is 0 Å². The number of aromatic carboxylic acids is 1. The number of anilines is 2. The van der Waals surface area contributed by atoms with Crippen LogP contribution in [-0.4, -0.2) is 32.8 Å². The molecule has 0 aliphatic heterocycles. The third-order valence-electron chi connectivity index (χ3n) is 3.15. The summed E-state index contributed by atoms with van der Waals surface area (Å²) in [4.78, 5) is 12.9. The van der Waals surface area contributed by atoms with Gasteiger partial charge >= 0.3 is 5.97 Å². The van der Waals surface area contributed by atoms with E-state index < -0.39 is 15.8 Å². The Bertz CT molecular complexity index is 749. The van der Waals surface area contributed by atoms with Crippen LogP contribution in [0.1, 0.15) is 10.4 Å². The Balaban J connectivity index is 2.27. The first-order valence-electron chi connectivity index (χ1n) is 6.16. The minimum absolute atomic E-state index is 0.222. The summed E-state index contributed by atoms with van der Waals surface area (Å²) in [5.74, 6) is -0.971. The van der Waals surface area contributed by atoms with Crippen molar-refractivity contribution in [2.24, 2.45) is 0 Å². The predicted octanol–water partition coefficient (Wildman–Crippen LogP) is 2.56. The van der Waals surface area contributed by atoms with Crippen LogP contribution >= 0.6 is 0 Å². The molecule has 0 aromatic heterocycles. The van der Waals surface area contributed by atoms with Crippen LogP contribution in [-0.2, 0) is 9.84 Å². The van der Waals surface area contributed by atoms with Gasteiger partial charge in [-0.2, -0.15) is 0 Å². The molecule has 0 atom stereocenters. The van der Waals surface area contributed by atoms with Gasteiger partial charge in [-0.1, -0.05) is 0 Å². The van der Waals surface area contributed by atoms with Gasteiger partial charge < -0.3 is 10.0 Å². The Morgan fingerprint density at radius 1 is 0.952 bits per heavy atom. The number of nitrogens with zero attached hydrogens (tertiary/aromatic N) is 1. The quantitative estimate of drug-likeness (QED) is 0.939. The van der Waals surface area contributed by atoms with Gasteiger partial charge in [-0.3, -0.25) is 0 Å². The van der Waals surface area contributed by atoms with E-state index in [4.69, 9.17) is 5.11 Å². The van der Waals surface area contributed by atoms with Gasteiger partial charge in [0.15, 0.2) is 9.84 Å². The lowest BCUT2D eigenvalue weighted by atomic mass is 10.2. The molecule has 110 valence electrons. The Labute approximate surface area is 123 Å². The van der Waals surface area contributed by atoms with E-state index in [0.29, 0.717) is 0 Å². The number of carboxylic acids is 1. The van der Waals surface area contributed by atoms with Crippen LogP contribution < -0.4 is 4.90 Å². The fraction of sp³-hybridized carbons (Fsp3) is 0.133. The molecule has 2 aromatic rings. The SMILES string of the molecule is CN(c1ccc(C(=O)O)cc1)c1ccc(S(C)(=O)=O)cc1. The van der Waals surface area contributed by atoms with Crippen LogP contribution in [0.4, 0.5) is 11.4 Å². The van der Waals surface area contributed by atoms with Gasteiger partial charge in [0, 0.05) is 24.7 Å². The molecule has 2 aromatic carbocycles. The summed E-state index contributed by atoms with van der Waals surface area (Å²) in [7, 11) is -1.38. The van der Waals surface area contributed by atoms with Crippen molar-refractivity contribution in [3.8, 4) is 0 Å². The summed E-state index contributed by atoms with van der Waals surface area (Å²) in [6.45, 7) is 0. The molecular weight excluding hydrogens is 290 g/mol. The van der Waals surface area contributed by atoms with Crippen LogP contribution in [0.3, 0.4) is 0 Å². The third-order valence-corrected chi connectivity index (χ3v) is 4.28. The molecule has 0 bridgehead atoms. The van der Waals surface area contributed by atoms with Crippen LogP contribution in [0.25, 0.3) is 0 Å². The zero-order chi connectivity index (χ0) is 15.6. The molecule has 1 N–H and O–H groups in total. The van der Waals surface area contributed by atoms with Crippen molar-refractivity contribution >= 4 is 27.2 Å². The monoisotopic (exact) mass is 305 g/mol. The average Bonchev–Trinajstić information content (AvgIpc) is 2.46. The van der Waals surface area contributed by atoms with Gasteiger partial charge in [0.1, 0.15) is 0 Å². The summed E-state index contributed by atoms with van der Waals surface area (Å²) in [5.41, 5.74) is 1.84. The van der Waals surface area contributed by atoms with E-state index in [2.05, 4.69) is 0 Å². The third kappa shape index (κ3) is 3.41. The molecule has 5 nitrogen and oxygen atoms in total. The van der Waals surface area contributed by atoms with E-state index in [1.54, 1.807) is 36.4 Å². The Kier molecular flexibility index (Phi) is 3.99. The van der Waals surface area contributed by atoms with E-state index in [-0.39, 0.29) is 10.5 Å². The van der Waals surface area contributed by atoms with Gasteiger partial charge in [-0.05, 0) is 48.5 Å². The largest absolute Gasteiger partial charge is 0.478 e. The molecule has 0 aliphatic carbocycles. The summed E-state index contributed by atoms with van der Waals surface area (Å²) < 4.78 is 22.8. The molecule has 0 heterocycles. The molecule has 2 rings (SSSR count). The van der Waals surface area contributed by atoms with Crippen molar-refractivity contribution in [2.45, 2.75) is 4.90 Å². The van der Waals surface area contributed by atoms with Crippen LogP contribution in [0.2, 0.25) is 0 Å². The second-order valence-electron chi connectivity index (χ2n) is 4.68. The van der Waals surface area contributed by atoms with Crippen molar-refractivity contribution in [3.63, 3.8) is 0 Å². The lowest BCUT2D eigenvalue weighted by Crippen LogP contribution is -2.10. The first-order valence-corrected chi connectivity index (χ1v) is 8.05. The molecule has 21 heavy (non-hydrogen) atoms. The maximum Gasteiger partial charge on any atom is 0.335 e. The molecule has 0 unspecified atom stereocenters. The van der Waals surface area contributed by atoms with Crippen molar-refractivity contribution in [1.29, 1.82) is 0 Å². The molecule has 0 saturated heterocycles. The van der Waals surface area contributed by atoms with E-state index >= 15 is 0 Å². The highest BCUT2D eigenvalue weighted by Crippen LogP contribution is 2.25. The van der Waals surface area contributed by atoms with Gasteiger partial charge in [-0.25, -0.2) is 13.2 Å². The van der Waals surface area contributed by atoms with Gasteiger partial charge in [-0.15, -0.1) is 0 Å². The highest BCUT2D eigenvalue weighted by atomic mass is 32.2. The topological polar surface area (TPSA) is 74.7 Å². The minimum atomic E-state index is -3.21. The van der Waals surface area contributed by atoms with Gasteiger partial charge in [0.2, 0.25) is 0 Å². The van der Waals surface area contributed by atoms with Crippen molar-refractivity contribution in [2.75, 3.05) is 18.2 Å². The molecule has 0 aliphatic rings. The smallest absolute Gasteiger partial charge is 0.335 e. The van der Waals surface area contributed by atoms with Gasteiger partial charge in [0.05, 0.1) is 10.5 Å². The highest BCUT2D eigenvalue weighted by molar-refractivity contribution is 7.90. The number of carbonyl (C=O) groups is 1. The molecule has 0 fully saturated rings. The Hall–Kier alpha value is -2.34. The van der Waals surface area contributed by atoms with Crippen LogP contribution in [0.5, 0.6) is 0 Å². The highest BCUT2D eigenvalue weighted by Gasteiger charge is 2.09. The van der Waals surface area contributed by atoms with Crippen molar-refractivity contribution < 1.29 is 18.3 Å². The first-order chi connectivity index (χ1) is 9.79. The zero-order valence-electron chi connectivity index (χ0n) is 11.6. The van der Waals surface area contributed by atoms with E-state index in [1.807, 2.05) is 11.9 Å². The fourth-order valence-electron chi connectivity index (χ4n) is 1.89.